The van der Waals surface area contributed by atoms with E-state index in [-0.39, 0.29) is 0 Å². The number of hydrogen-bond acceptors (Lipinski definition) is 4. The summed E-state index contributed by atoms with van der Waals surface area (Å²) in [4.78, 5) is 11.4. The normalized spacial score (nSPS) is 11.0. The maximum atomic E-state index is 4.52. The smallest absolute Gasteiger partial charge is 0.144 e. The van der Waals surface area contributed by atoms with Crippen LogP contribution >= 0.6 is 0 Å². The molecule has 0 unspecified atom stereocenters. The molecule has 0 radical (unpaired) electrons. The van der Waals surface area contributed by atoms with Crippen molar-refractivity contribution in [2.24, 2.45) is 0 Å². The van der Waals surface area contributed by atoms with Crippen LogP contribution in [0.4, 0.5) is 5.82 Å². The lowest BCUT2D eigenvalue weighted by atomic mass is 10.2. The molecular weight excluding hydrogens is 248 g/mol. The Hall–Kier alpha value is -1.16. The fraction of sp³-hybridized carbons (Fsp3) is 0.750. The topological polar surface area (TPSA) is 41.1 Å². The van der Waals surface area contributed by atoms with Gasteiger partial charge in [0.2, 0.25) is 0 Å². The average Bonchev–Trinajstić information content (AvgIpc) is 2.49. The minimum Gasteiger partial charge on any atom is -0.369 e. The lowest BCUT2D eigenvalue weighted by Crippen LogP contribution is -2.26. The Morgan fingerprint density at radius 3 is 2.15 bits per heavy atom. The Balaban J connectivity index is 2.49. The van der Waals surface area contributed by atoms with Gasteiger partial charge in [-0.05, 0) is 32.4 Å². The number of rotatable bonds is 11. The van der Waals surface area contributed by atoms with Gasteiger partial charge in [-0.2, -0.15) is 0 Å². The second kappa shape index (κ2) is 10.6. The summed E-state index contributed by atoms with van der Waals surface area (Å²) in [5.74, 6) is 0.879. The van der Waals surface area contributed by atoms with Gasteiger partial charge in [0.15, 0.2) is 0 Å². The highest BCUT2D eigenvalue weighted by atomic mass is 15.1. The van der Waals surface area contributed by atoms with E-state index in [1.165, 1.54) is 25.7 Å². The van der Waals surface area contributed by atoms with E-state index in [1.807, 2.05) is 12.4 Å². The first-order valence-electron chi connectivity index (χ1n) is 8.07. The zero-order valence-electron chi connectivity index (χ0n) is 13.4. The predicted octanol–water partition coefficient (Wildman–Crippen LogP) is 3.70. The van der Waals surface area contributed by atoms with Crippen molar-refractivity contribution in [2.45, 2.75) is 59.4 Å². The first-order valence-corrected chi connectivity index (χ1v) is 8.07. The molecule has 0 spiro atoms. The van der Waals surface area contributed by atoms with E-state index in [0.29, 0.717) is 0 Å². The molecule has 1 N–H and O–H groups in total. The van der Waals surface area contributed by atoms with Gasteiger partial charge in [0.1, 0.15) is 5.82 Å². The third-order valence-electron chi connectivity index (χ3n) is 3.30. The summed E-state index contributed by atoms with van der Waals surface area (Å²) < 4.78 is 0. The Bertz CT molecular complexity index is 329. The molecule has 0 aromatic carbocycles. The van der Waals surface area contributed by atoms with E-state index in [4.69, 9.17) is 0 Å². The predicted molar refractivity (Wildman–Crippen MR) is 85.9 cm³/mol. The molecule has 1 aromatic heterocycles. The maximum Gasteiger partial charge on any atom is 0.144 e. The largest absolute Gasteiger partial charge is 0.369 e. The first-order chi connectivity index (χ1) is 9.80. The average molecular weight is 278 g/mol. The highest BCUT2D eigenvalue weighted by molar-refractivity contribution is 5.30. The molecule has 4 heteroatoms. The zero-order valence-corrected chi connectivity index (χ0v) is 13.4. The van der Waals surface area contributed by atoms with Gasteiger partial charge in [-0.15, -0.1) is 0 Å². The van der Waals surface area contributed by atoms with Crippen molar-refractivity contribution in [1.29, 1.82) is 0 Å². The van der Waals surface area contributed by atoms with Gasteiger partial charge in [-0.1, -0.05) is 33.6 Å². The zero-order chi connectivity index (χ0) is 14.6. The molecule has 0 saturated heterocycles. The van der Waals surface area contributed by atoms with Gasteiger partial charge in [0, 0.05) is 13.1 Å². The monoisotopic (exact) mass is 278 g/mol. The molecule has 4 nitrogen and oxygen atoms in total. The Labute approximate surface area is 124 Å². The second-order valence-corrected chi connectivity index (χ2v) is 5.30. The minimum absolute atomic E-state index is 0.879. The minimum atomic E-state index is 0.879. The van der Waals surface area contributed by atoms with Crippen molar-refractivity contribution in [1.82, 2.24) is 14.9 Å². The molecule has 0 amide bonds. The van der Waals surface area contributed by atoms with Crippen LogP contribution in [-0.4, -0.2) is 34.5 Å². The summed E-state index contributed by atoms with van der Waals surface area (Å²) in [6, 6.07) is 0. The molecule has 1 aromatic rings. The van der Waals surface area contributed by atoms with Gasteiger partial charge in [0.05, 0.1) is 18.1 Å². The van der Waals surface area contributed by atoms with Crippen LogP contribution in [-0.2, 0) is 6.54 Å². The lowest BCUT2D eigenvalue weighted by Gasteiger charge is -2.21. The number of nitrogens with one attached hydrogen (secondary N) is 1. The van der Waals surface area contributed by atoms with Crippen molar-refractivity contribution in [3.8, 4) is 0 Å². The molecule has 20 heavy (non-hydrogen) atoms. The van der Waals surface area contributed by atoms with E-state index < -0.39 is 0 Å². The molecule has 0 saturated carbocycles. The van der Waals surface area contributed by atoms with E-state index in [0.717, 1.165) is 44.1 Å². The van der Waals surface area contributed by atoms with Crippen molar-refractivity contribution in [2.75, 3.05) is 25.0 Å². The first kappa shape index (κ1) is 16.9. The highest BCUT2D eigenvalue weighted by Crippen LogP contribution is 2.07. The summed E-state index contributed by atoms with van der Waals surface area (Å²) in [6.07, 6.45) is 9.86. The van der Waals surface area contributed by atoms with Gasteiger partial charge in [0.25, 0.3) is 0 Å². The van der Waals surface area contributed by atoms with Crippen LogP contribution in [0, 0.1) is 0 Å². The van der Waals surface area contributed by atoms with Gasteiger partial charge < -0.3 is 5.32 Å². The number of unbranched alkanes of at least 4 members (excludes halogenated alkanes) is 2. The third-order valence-corrected chi connectivity index (χ3v) is 3.30. The van der Waals surface area contributed by atoms with E-state index in [1.54, 1.807) is 0 Å². The quantitative estimate of drug-likeness (QED) is 0.670. The lowest BCUT2D eigenvalue weighted by molar-refractivity contribution is 0.254. The molecule has 0 atom stereocenters. The highest BCUT2D eigenvalue weighted by Gasteiger charge is 2.06. The molecular formula is C16H30N4. The number of hydrogen-bond donors (Lipinski definition) is 1. The molecule has 0 fully saturated rings. The van der Waals surface area contributed by atoms with Crippen LogP contribution in [0.15, 0.2) is 12.4 Å². The van der Waals surface area contributed by atoms with E-state index >= 15 is 0 Å². The summed E-state index contributed by atoms with van der Waals surface area (Å²) in [5.41, 5.74) is 1.07. The third kappa shape index (κ3) is 6.85. The molecule has 1 heterocycles. The maximum absolute atomic E-state index is 4.52. The standard InChI is InChI=1S/C16H30N4/c1-4-7-10-20(11-8-5-2)14-15-12-19-16(13-18-15)17-9-6-3/h12-13H,4-11,14H2,1-3H3,(H,17,19). The number of anilines is 1. The van der Waals surface area contributed by atoms with Gasteiger partial charge in [-0.25, -0.2) is 4.98 Å². The molecule has 1 rings (SSSR count). The summed E-state index contributed by atoms with van der Waals surface area (Å²) in [7, 11) is 0. The fourth-order valence-electron chi connectivity index (χ4n) is 2.04. The van der Waals surface area contributed by atoms with Gasteiger partial charge in [-0.3, -0.25) is 9.88 Å². The summed E-state index contributed by atoms with van der Waals surface area (Å²) in [6.45, 7) is 10.8. The number of nitrogens with zero attached hydrogens (tertiary/aromatic N) is 3. The molecule has 0 bridgehead atoms. The fourth-order valence-corrected chi connectivity index (χ4v) is 2.04. The second-order valence-electron chi connectivity index (χ2n) is 5.30. The SMILES string of the molecule is CCCCN(CCCC)Cc1cnc(NCCC)cn1. The van der Waals surface area contributed by atoms with Gasteiger partial charge >= 0.3 is 0 Å². The van der Waals surface area contributed by atoms with E-state index in [9.17, 15) is 0 Å². The van der Waals surface area contributed by atoms with Crippen molar-refractivity contribution >= 4 is 5.82 Å². The summed E-state index contributed by atoms with van der Waals surface area (Å²) >= 11 is 0. The summed E-state index contributed by atoms with van der Waals surface area (Å²) in [5, 5.41) is 3.26. The van der Waals surface area contributed by atoms with Crippen LogP contribution in [0.1, 0.15) is 58.6 Å². The molecule has 0 aliphatic heterocycles. The van der Waals surface area contributed by atoms with Crippen LogP contribution in [0.5, 0.6) is 0 Å². The van der Waals surface area contributed by atoms with Crippen molar-refractivity contribution < 1.29 is 0 Å². The molecule has 114 valence electrons. The Kier molecular flexibility index (Phi) is 8.96. The molecule has 0 aliphatic carbocycles. The van der Waals surface area contributed by atoms with Crippen LogP contribution in [0.3, 0.4) is 0 Å². The van der Waals surface area contributed by atoms with E-state index in [2.05, 4.69) is 41.0 Å². The van der Waals surface area contributed by atoms with Crippen molar-refractivity contribution in [3.05, 3.63) is 18.1 Å². The van der Waals surface area contributed by atoms with Crippen molar-refractivity contribution in [3.63, 3.8) is 0 Å². The Morgan fingerprint density at radius 1 is 0.950 bits per heavy atom. The Morgan fingerprint density at radius 2 is 1.65 bits per heavy atom. The van der Waals surface area contributed by atoms with Crippen LogP contribution < -0.4 is 5.32 Å². The number of aromatic nitrogens is 2. The van der Waals surface area contributed by atoms with Crippen LogP contribution in [0.25, 0.3) is 0 Å². The molecule has 0 aliphatic rings. The van der Waals surface area contributed by atoms with Crippen LogP contribution in [0.2, 0.25) is 0 Å².